The molecule has 7 nitrogen and oxygen atoms in total. The highest BCUT2D eigenvalue weighted by molar-refractivity contribution is 6.22. The molecule has 29 heavy (non-hydrogen) atoms. The molecule has 0 aliphatic carbocycles. The topological polar surface area (TPSA) is 107 Å². The fraction of sp³-hybridized carbons (Fsp3) is 0.0455. The lowest BCUT2D eigenvalue weighted by Crippen LogP contribution is -2.29. The third-order valence-electron chi connectivity index (χ3n) is 4.66. The first-order chi connectivity index (χ1) is 14.0. The Balaban J connectivity index is 1.58. The molecule has 0 aromatic heterocycles. The minimum atomic E-state index is -0.738. The molecule has 0 radical (unpaired) electrons. The van der Waals surface area contributed by atoms with Crippen molar-refractivity contribution in [2.24, 2.45) is 0 Å². The van der Waals surface area contributed by atoms with Gasteiger partial charge in [-0.05, 0) is 35.9 Å². The number of anilines is 1. The molecule has 0 atom stereocenters. The van der Waals surface area contributed by atoms with Gasteiger partial charge in [0.25, 0.3) is 17.7 Å². The number of amides is 3. The molecule has 1 aliphatic heterocycles. The average Bonchev–Trinajstić information content (AvgIpc) is 2.93. The van der Waals surface area contributed by atoms with Gasteiger partial charge in [-0.15, -0.1) is 0 Å². The molecule has 0 saturated carbocycles. The van der Waals surface area contributed by atoms with Crippen molar-refractivity contribution in [2.45, 2.75) is 6.54 Å². The Labute approximate surface area is 165 Å². The van der Waals surface area contributed by atoms with E-state index in [0.717, 1.165) is 10.5 Å². The molecule has 1 aliphatic rings. The number of hydrogen-bond acceptors (Lipinski definition) is 5. The summed E-state index contributed by atoms with van der Waals surface area (Å²) in [6.45, 7) is 0.153. The number of carbonyl (C=O) groups is 3. The predicted molar refractivity (Wildman–Crippen MR) is 105 cm³/mol. The second-order valence-corrected chi connectivity index (χ2v) is 6.57. The molecule has 0 unspecified atom stereocenters. The van der Waals surface area contributed by atoms with Gasteiger partial charge >= 0.3 is 0 Å². The summed E-state index contributed by atoms with van der Waals surface area (Å²) >= 11 is 0. The molecule has 3 aromatic carbocycles. The summed E-state index contributed by atoms with van der Waals surface area (Å²) in [5.74, 6) is -2.33. The van der Waals surface area contributed by atoms with Crippen LogP contribution in [-0.4, -0.2) is 32.8 Å². The van der Waals surface area contributed by atoms with Crippen LogP contribution in [0.15, 0.2) is 66.7 Å². The summed E-state index contributed by atoms with van der Waals surface area (Å²) in [6, 6.07) is 17.5. The number of nitrogens with one attached hydrogen (secondary N) is 1. The van der Waals surface area contributed by atoms with Gasteiger partial charge in [-0.3, -0.25) is 19.3 Å². The minimum Gasteiger partial charge on any atom is -0.507 e. The van der Waals surface area contributed by atoms with Crippen molar-refractivity contribution in [3.8, 4) is 11.5 Å². The van der Waals surface area contributed by atoms with Crippen LogP contribution in [0.1, 0.15) is 36.6 Å². The van der Waals surface area contributed by atoms with Gasteiger partial charge in [-0.1, -0.05) is 36.4 Å². The third-order valence-corrected chi connectivity index (χ3v) is 4.66. The number of fused-ring (bicyclic) bond motifs is 1. The van der Waals surface area contributed by atoms with Crippen molar-refractivity contribution in [3.05, 3.63) is 89.0 Å². The Morgan fingerprint density at radius 2 is 1.48 bits per heavy atom. The second kappa shape index (κ2) is 7.12. The maximum Gasteiger partial charge on any atom is 0.263 e. The first-order valence-corrected chi connectivity index (χ1v) is 8.82. The van der Waals surface area contributed by atoms with Gasteiger partial charge in [0.1, 0.15) is 17.1 Å². The Bertz CT molecular complexity index is 1120. The second-order valence-electron chi connectivity index (χ2n) is 6.57. The Morgan fingerprint density at radius 3 is 2.17 bits per heavy atom. The zero-order valence-electron chi connectivity index (χ0n) is 15.1. The lowest BCUT2D eigenvalue weighted by Gasteiger charge is -2.13. The Hall–Kier alpha value is -4.13. The number of phenolic OH excluding ortho intramolecular Hbond substituents is 2. The lowest BCUT2D eigenvalue weighted by atomic mass is 10.1. The normalized spacial score (nSPS) is 12.8. The fourth-order valence-electron chi connectivity index (χ4n) is 3.23. The van der Waals surface area contributed by atoms with Gasteiger partial charge in [-0.2, -0.15) is 0 Å². The van der Waals surface area contributed by atoms with Crippen LogP contribution in [0.3, 0.4) is 0 Å². The number of rotatable bonds is 4. The van der Waals surface area contributed by atoms with E-state index in [1.807, 2.05) is 30.3 Å². The molecule has 3 N–H and O–H groups in total. The number of hydrogen-bond donors (Lipinski definition) is 3. The van der Waals surface area contributed by atoms with Gasteiger partial charge in [0, 0.05) is 5.69 Å². The van der Waals surface area contributed by atoms with Crippen LogP contribution < -0.4 is 5.32 Å². The lowest BCUT2D eigenvalue weighted by molar-refractivity contribution is 0.0642. The van der Waals surface area contributed by atoms with Gasteiger partial charge < -0.3 is 15.5 Å². The quantitative estimate of drug-likeness (QED) is 0.595. The van der Waals surface area contributed by atoms with Crippen LogP contribution in [-0.2, 0) is 6.54 Å². The first-order valence-electron chi connectivity index (χ1n) is 8.82. The van der Waals surface area contributed by atoms with Crippen LogP contribution in [0.2, 0.25) is 0 Å². The molecule has 7 heteroatoms. The summed E-state index contributed by atoms with van der Waals surface area (Å²) < 4.78 is 0. The van der Waals surface area contributed by atoms with Crippen LogP contribution in [0.25, 0.3) is 0 Å². The number of benzene rings is 3. The molecule has 1 heterocycles. The molecule has 144 valence electrons. The molecular weight excluding hydrogens is 372 g/mol. The zero-order chi connectivity index (χ0) is 20.5. The van der Waals surface area contributed by atoms with Crippen molar-refractivity contribution in [1.82, 2.24) is 4.90 Å². The highest BCUT2D eigenvalue weighted by Gasteiger charge is 2.35. The molecule has 0 bridgehead atoms. The van der Waals surface area contributed by atoms with Gasteiger partial charge in [0.15, 0.2) is 0 Å². The number of phenols is 2. The van der Waals surface area contributed by atoms with Crippen LogP contribution in [0.4, 0.5) is 5.69 Å². The summed E-state index contributed by atoms with van der Waals surface area (Å²) in [6.07, 6.45) is 0. The molecule has 0 fully saturated rings. The smallest absolute Gasteiger partial charge is 0.263 e. The van der Waals surface area contributed by atoms with E-state index < -0.39 is 17.7 Å². The van der Waals surface area contributed by atoms with E-state index in [4.69, 9.17) is 0 Å². The van der Waals surface area contributed by atoms with Crippen molar-refractivity contribution in [3.63, 3.8) is 0 Å². The van der Waals surface area contributed by atoms with E-state index in [0.29, 0.717) is 0 Å². The van der Waals surface area contributed by atoms with Gasteiger partial charge in [0.05, 0.1) is 17.7 Å². The maximum absolute atomic E-state index is 12.7. The first kappa shape index (κ1) is 18.2. The van der Waals surface area contributed by atoms with Crippen LogP contribution >= 0.6 is 0 Å². The number of carbonyl (C=O) groups excluding carboxylic acids is 3. The van der Waals surface area contributed by atoms with Crippen LogP contribution in [0, 0.1) is 0 Å². The highest BCUT2D eigenvalue weighted by atomic mass is 16.3. The Morgan fingerprint density at radius 1 is 0.828 bits per heavy atom. The molecule has 0 saturated heterocycles. The van der Waals surface area contributed by atoms with E-state index in [1.54, 1.807) is 0 Å². The van der Waals surface area contributed by atoms with Crippen molar-refractivity contribution in [1.29, 1.82) is 0 Å². The third kappa shape index (κ3) is 3.29. The number of aromatic hydroxyl groups is 2. The monoisotopic (exact) mass is 388 g/mol. The SMILES string of the molecule is O=C(Nc1ccc2c(c1)C(=O)N(Cc1ccccc1)C2=O)c1c(O)cccc1O. The summed E-state index contributed by atoms with van der Waals surface area (Å²) in [5, 5.41) is 22.2. The largest absolute Gasteiger partial charge is 0.507 e. The molecule has 3 aromatic rings. The van der Waals surface area contributed by atoms with Crippen LogP contribution in [0.5, 0.6) is 11.5 Å². The van der Waals surface area contributed by atoms with E-state index in [1.165, 1.54) is 36.4 Å². The van der Waals surface area contributed by atoms with Crippen molar-refractivity contribution in [2.75, 3.05) is 5.32 Å². The minimum absolute atomic E-state index is 0.153. The van der Waals surface area contributed by atoms with Gasteiger partial charge in [0.2, 0.25) is 0 Å². The van der Waals surface area contributed by atoms with E-state index in [9.17, 15) is 24.6 Å². The zero-order valence-corrected chi connectivity index (χ0v) is 15.1. The van der Waals surface area contributed by atoms with E-state index in [2.05, 4.69) is 5.32 Å². The molecule has 0 spiro atoms. The molecule has 3 amide bonds. The summed E-state index contributed by atoms with van der Waals surface area (Å²) in [7, 11) is 0. The van der Waals surface area contributed by atoms with Gasteiger partial charge in [-0.25, -0.2) is 0 Å². The number of nitrogens with zero attached hydrogens (tertiary/aromatic N) is 1. The average molecular weight is 388 g/mol. The molecular formula is C22H16N2O5. The predicted octanol–water partition coefficient (Wildman–Crippen LogP) is 3.15. The summed E-state index contributed by atoms with van der Waals surface area (Å²) in [4.78, 5) is 38.9. The number of imide groups is 1. The standard InChI is InChI=1S/C22H16N2O5/c25-17-7-4-8-18(26)19(17)20(27)23-14-9-10-15-16(11-14)22(29)24(21(15)28)12-13-5-2-1-3-6-13/h1-11,25-26H,12H2,(H,23,27). The fourth-order valence-corrected chi connectivity index (χ4v) is 3.23. The summed E-state index contributed by atoms with van der Waals surface area (Å²) in [5.41, 5.74) is 1.25. The van der Waals surface area contributed by atoms with Crippen molar-refractivity contribution < 1.29 is 24.6 Å². The van der Waals surface area contributed by atoms with Crippen molar-refractivity contribution >= 4 is 23.4 Å². The molecule has 4 rings (SSSR count). The Kier molecular flexibility index (Phi) is 4.48. The van der Waals surface area contributed by atoms with E-state index in [-0.39, 0.29) is 40.4 Å². The highest BCUT2D eigenvalue weighted by Crippen LogP contribution is 2.30. The maximum atomic E-state index is 12.7. The van der Waals surface area contributed by atoms with E-state index >= 15 is 0 Å².